The molecule has 5 N–H and O–H groups in total. The highest BCUT2D eigenvalue weighted by Gasteiger charge is 2.26. The minimum Gasteiger partial charge on any atom is -0.480 e. The maximum absolute atomic E-state index is 10.7. The molecule has 1 aromatic rings. The topological polar surface area (TPSA) is 99.3 Å². The van der Waals surface area contributed by atoms with Gasteiger partial charge in [-0.05, 0) is 37.3 Å². The summed E-state index contributed by atoms with van der Waals surface area (Å²) in [6.07, 6.45) is 3.06. The second-order valence-electron chi connectivity index (χ2n) is 4.24. The number of aromatic amines is 1. The van der Waals surface area contributed by atoms with Crippen molar-refractivity contribution in [2.45, 2.75) is 37.8 Å². The second-order valence-corrected chi connectivity index (χ2v) is 4.24. The molecule has 0 saturated carbocycles. The van der Waals surface area contributed by atoms with Crippen molar-refractivity contribution in [3.8, 4) is 0 Å². The Morgan fingerprint density at radius 1 is 1.44 bits per heavy atom. The number of nitrogens with two attached hydrogens (primary N) is 1. The Labute approximate surface area is 93.3 Å². The van der Waals surface area contributed by atoms with Crippen LogP contribution in [0.1, 0.15) is 35.9 Å². The van der Waals surface area contributed by atoms with Crippen molar-refractivity contribution in [2.24, 2.45) is 5.73 Å². The van der Waals surface area contributed by atoms with Crippen LogP contribution in [-0.2, 0) is 17.6 Å². The third-order valence-corrected chi connectivity index (χ3v) is 3.08. The molecule has 0 bridgehead atoms. The standard InChI is InChI=1S/C11H16N2O3/c12-9(11(15)16)10(14)8-5-6-3-1-2-4-7(6)13-8/h5,9-10,13-14H,1-4,12H2,(H,15,16). The molecule has 2 atom stereocenters. The Kier molecular flexibility index (Phi) is 2.98. The third kappa shape index (κ3) is 1.96. The number of rotatable bonds is 3. The highest BCUT2D eigenvalue weighted by Crippen LogP contribution is 2.25. The van der Waals surface area contributed by atoms with Crippen molar-refractivity contribution in [1.29, 1.82) is 0 Å². The predicted octanol–water partition coefficient (Wildman–Crippen LogP) is 0.339. The molecule has 0 aromatic carbocycles. The molecule has 16 heavy (non-hydrogen) atoms. The Bertz CT molecular complexity index is 376. The molecule has 0 radical (unpaired) electrons. The minimum atomic E-state index is -1.28. The van der Waals surface area contributed by atoms with Crippen LogP contribution in [0.2, 0.25) is 0 Å². The first-order chi connectivity index (χ1) is 7.59. The first-order valence-corrected chi connectivity index (χ1v) is 5.46. The van der Waals surface area contributed by atoms with Crippen LogP contribution in [0.4, 0.5) is 0 Å². The lowest BCUT2D eigenvalue weighted by molar-refractivity contribution is -0.141. The summed E-state index contributed by atoms with van der Waals surface area (Å²) in [6.45, 7) is 0. The zero-order chi connectivity index (χ0) is 11.7. The third-order valence-electron chi connectivity index (χ3n) is 3.08. The molecule has 0 amide bonds. The van der Waals surface area contributed by atoms with Crippen LogP contribution < -0.4 is 5.73 Å². The van der Waals surface area contributed by atoms with E-state index in [1.807, 2.05) is 6.07 Å². The Balaban J connectivity index is 2.20. The van der Waals surface area contributed by atoms with Crippen LogP contribution in [0.3, 0.4) is 0 Å². The fraction of sp³-hybridized carbons (Fsp3) is 0.545. The van der Waals surface area contributed by atoms with Crippen LogP contribution in [0, 0.1) is 0 Å². The van der Waals surface area contributed by atoms with E-state index in [-0.39, 0.29) is 0 Å². The van der Waals surface area contributed by atoms with E-state index in [4.69, 9.17) is 10.8 Å². The first-order valence-electron chi connectivity index (χ1n) is 5.46. The van der Waals surface area contributed by atoms with Gasteiger partial charge in [-0.3, -0.25) is 4.79 Å². The number of carboxylic acid groups (broad SMARTS) is 1. The molecule has 2 rings (SSSR count). The van der Waals surface area contributed by atoms with Gasteiger partial charge in [-0.2, -0.15) is 0 Å². The van der Waals surface area contributed by atoms with E-state index in [0.29, 0.717) is 5.69 Å². The quantitative estimate of drug-likeness (QED) is 0.595. The summed E-state index contributed by atoms with van der Waals surface area (Å²) < 4.78 is 0. The van der Waals surface area contributed by atoms with Gasteiger partial charge in [0.2, 0.25) is 0 Å². The van der Waals surface area contributed by atoms with Gasteiger partial charge >= 0.3 is 5.97 Å². The molecule has 0 aliphatic heterocycles. The molecule has 5 heteroatoms. The van der Waals surface area contributed by atoms with Gasteiger partial charge < -0.3 is 20.9 Å². The zero-order valence-electron chi connectivity index (χ0n) is 8.94. The number of aliphatic hydroxyl groups is 1. The van der Waals surface area contributed by atoms with Crippen molar-refractivity contribution in [3.05, 3.63) is 23.0 Å². The highest BCUT2D eigenvalue weighted by molar-refractivity contribution is 5.74. The van der Waals surface area contributed by atoms with Crippen molar-refractivity contribution in [1.82, 2.24) is 4.98 Å². The molecule has 0 fully saturated rings. The van der Waals surface area contributed by atoms with Crippen molar-refractivity contribution in [2.75, 3.05) is 0 Å². The molecular weight excluding hydrogens is 208 g/mol. The number of hydrogen-bond donors (Lipinski definition) is 4. The molecule has 0 spiro atoms. The number of H-pyrrole nitrogens is 1. The van der Waals surface area contributed by atoms with Gasteiger partial charge in [0, 0.05) is 11.4 Å². The molecule has 2 unspecified atom stereocenters. The van der Waals surface area contributed by atoms with Gasteiger partial charge in [-0.1, -0.05) is 0 Å². The van der Waals surface area contributed by atoms with Gasteiger partial charge in [-0.25, -0.2) is 0 Å². The van der Waals surface area contributed by atoms with Crippen molar-refractivity contribution in [3.63, 3.8) is 0 Å². The van der Waals surface area contributed by atoms with Crippen LogP contribution >= 0.6 is 0 Å². The predicted molar refractivity (Wildman–Crippen MR) is 58.0 cm³/mol. The minimum absolute atomic E-state index is 0.516. The molecule has 1 aliphatic carbocycles. The van der Waals surface area contributed by atoms with E-state index in [2.05, 4.69) is 4.98 Å². The molecule has 1 heterocycles. The Hall–Kier alpha value is -1.33. The van der Waals surface area contributed by atoms with E-state index in [1.165, 1.54) is 5.56 Å². The largest absolute Gasteiger partial charge is 0.480 e. The summed E-state index contributed by atoms with van der Waals surface area (Å²) in [7, 11) is 0. The van der Waals surface area contributed by atoms with Gasteiger partial charge in [0.1, 0.15) is 12.1 Å². The number of aliphatic carboxylic acids is 1. The van der Waals surface area contributed by atoms with Crippen LogP contribution in [-0.4, -0.2) is 27.2 Å². The zero-order valence-corrected chi connectivity index (χ0v) is 8.94. The lowest BCUT2D eigenvalue weighted by Crippen LogP contribution is -2.36. The van der Waals surface area contributed by atoms with E-state index < -0.39 is 18.1 Å². The molecule has 0 saturated heterocycles. The van der Waals surface area contributed by atoms with Crippen LogP contribution in [0.25, 0.3) is 0 Å². The number of fused-ring (bicyclic) bond motifs is 1. The average molecular weight is 224 g/mol. The van der Waals surface area contributed by atoms with Gasteiger partial charge in [-0.15, -0.1) is 0 Å². The Morgan fingerprint density at radius 2 is 2.12 bits per heavy atom. The fourth-order valence-corrected chi connectivity index (χ4v) is 2.12. The number of carbonyl (C=O) groups is 1. The summed E-state index contributed by atoms with van der Waals surface area (Å²) in [5.41, 5.74) is 8.18. The number of aromatic nitrogens is 1. The van der Waals surface area contributed by atoms with Crippen LogP contribution in [0.5, 0.6) is 0 Å². The maximum atomic E-state index is 10.7. The highest BCUT2D eigenvalue weighted by atomic mass is 16.4. The van der Waals surface area contributed by atoms with E-state index in [0.717, 1.165) is 31.4 Å². The average Bonchev–Trinajstić information content (AvgIpc) is 2.70. The lowest BCUT2D eigenvalue weighted by Gasteiger charge is -2.13. The van der Waals surface area contributed by atoms with Crippen molar-refractivity contribution < 1.29 is 15.0 Å². The fourth-order valence-electron chi connectivity index (χ4n) is 2.12. The summed E-state index contributed by atoms with van der Waals surface area (Å²) >= 11 is 0. The summed E-state index contributed by atoms with van der Waals surface area (Å²) in [6, 6.07) is 0.558. The SMILES string of the molecule is NC(C(=O)O)C(O)c1cc2c([nH]1)CCCC2. The molecule has 5 nitrogen and oxygen atoms in total. The van der Waals surface area contributed by atoms with Crippen molar-refractivity contribution >= 4 is 5.97 Å². The second kappa shape index (κ2) is 4.27. The van der Waals surface area contributed by atoms with E-state index in [9.17, 15) is 9.90 Å². The van der Waals surface area contributed by atoms with E-state index >= 15 is 0 Å². The molecule has 1 aromatic heterocycles. The number of hydrogen-bond acceptors (Lipinski definition) is 3. The van der Waals surface area contributed by atoms with Crippen LogP contribution in [0.15, 0.2) is 6.07 Å². The van der Waals surface area contributed by atoms with Gasteiger partial charge in [0.25, 0.3) is 0 Å². The number of aryl methyl sites for hydroxylation is 2. The smallest absolute Gasteiger partial charge is 0.323 e. The first kappa shape index (κ1) is 11.2. The van der Waals surface area contributed by atoms with Gasteiger partial charge in [0.15, 0.2) is 0 Å². The molecular formula is C11H16N2O3. The number of nitrogens with one attached hydrogen (secondary N) is 1. The van der Waals surface area contributed by atoms with E-state index in [1.54, 1.807) is 0 Å². The lowest BCUT2D eigenvalue weighted by atomic mass is 9.98. The number of carboxylic acids is 1. The van der Waals surface area contributed by atoms with Gasteiger partial charge in [0.05, 0.1) is 0 Å². The normalized spacial score (nSPS) is 18.9. The maximum Gasteiger partial charge on any atom is 0.323 e. The monoisotopic (exact) mass is 224 g/mol. The Morgan fingerprint density at radius 3 is 2.75 bits per heavy atom. The summed E-state index contributed by atoms with van der Waals surface area (Å²) in [5, 5.41) is 18.5. The molecule has 1 aliphatic rings. The number of aliphatic hydroxyl groups excluding tert-OH is 1. The summed E-state index contributed by atoms with van der Waals surface area (Å²) in [5.74, 6) is -1.19. The molecule has 88 valence electrons. The summed E-state index contributed by atoms with van der Waals surface area (Å²) in [4.78, 5) is 13.7.